The Morgan fingerprint density at radius 2 is 2.29 bits per heavy atom. The standard InChI is InChI=1S/C14H14FN3O3/c15-9-1-4-11(12(7-9)18(19)20)13-8-17-14(21-13)5-6-16-10-2-3-10/h1,4,7-8,10,16H,2-3,5-6H2. The van der Waals surface area contributed by atoms with Gasteiger partial charge in [0.15, 0.2) is 11.7 Å². The number of rotatable bonds is 6. The van der Waals surface area contributed by atoms with E-state index in [1.54, 1.807) is 0 Å². The number of halogens is 1. The zero-order valence-electron chi connectivity index (χ0n) is 11.2. The van der Waals surface area contributed by atoms with Crippen molar-refractivity contribution in [2.45, 2.75) is 25.3 Å². The van der Waals surface area contributed by atoms with Crippen LogP contribution in [0.2, 0.25) is 0 Å². The van der Waals surface area contributed by atoms with Gasteiger partial charge in [0.1, 0.15) is 5.82 Å². The maximum atomic E-state index is 13.1. The van der Waals surface area contributed by atoms with E-state index in [0.717, 1.165) is 12.6 Å². The first-order valence-electron chi connectivity index (χ1n) is 6.76. The average molecular weight is 291 g/mol. The highest BCUT2D eigenvalue weighted by Gasteiger charge is 2.21. The zero-order valence-corrected chi connectivity index (χ0v) is 11.2. The predicted molar refractivity (Wildman–Crippen MR) is 73.3 cm³/mol. The maximum absolute atomic E-state index is 13.1. The number of hydrogen-bond acceptors (Lipinski definition) is 5. The van der Waals surface area contributed by atoms with Gasteiger partial charge in [-0.1, -0.05) is 0 Å². The fraction of sp³-hybridized carbons (Fsp3) is 0.357. The topological polar surface area (TPSA) is 81.2 Å². The van der Waals surface area contributed by atoms with E-state index in [2.05, 4.69) is 10.3 Å². The van der Waals surface area contributed by atoms with Gasteiger partial charge in [-0.25, -0.2) is 9.37 Å². The molecule has 1 aliphatic carbocycles. The van der Waals surface area contributed by atoms with Crippen molar-refractivity contribution in [3.8, 4) is 11.3 Å². The molecule has 0 radical (unpaired) electrons. The molecule has 1 heterocycles. The molecular weight excluding hydrogens is 277 g/mol. The van der Waals surface area contributed by atoms with Crippen LogP contribution >= 0.6 is 0 Å². The minimum Gasteiger partial charge on any atom is -0.440 e. The third-order valence-electron chi connectivity index (χ3n) is 3.32. The van der Waals surface area contributed by atoms with Gasteiger partial charge in [-0.2, -0.15) is 0 Å². The molecule has 0 unspecified atom stereocenters. The normalized spacial score (nSPS) is 14.3. The van der Waals surface area contributed by atoms with Crippen molar-refractivity contribution in [3.63, 3.8) is 0 Å². The van der Waals surface area contributed by atoms with Gasteiger partial charge in [-0.15, -0.1) is 0 Å². The molecule has 0 spiro atoms. The Morgan fingerprint density at radius 3 is 3.00 bits per heavy atom. The first kappa shape index (κ1) is 13.7. The summed E-state index contributed by atoms with van der Waals surface area (Å²) < 4.78 is 18.6. The Kier molecular flexibility index (Phi) is 3.66. The van der Waals surface area contributed by atoms with Crippen molar-refractivity contribution < 1.29 is 13.7 Å². The smallest absolute Gasteiger partial charge is 0.283 e. The Morgan fingerprint density at radius 1 is 1.48 bits per heavy atom. The lowest BCUT2D eigenvalue weighted by atomic mass is 10.1. The van der Waals surface area contributed by atoms with E-state index in [-0.39, 0.29) is 17.0 Å². The molecule has 6 nitrogen and oxygen atoms in total. The molecule has 7 heteroatoms. The monoisotopic (exact) mass is 291 g/mol. The van der Waals surface area contributed by atoms with Crippen LogP contribution in [0.3, 0.4) is 0 Å². The molecule has 3 rings (SSSR count). The summed E-state index contributed by atoms with van der Waals surface area (Å²) in [5, 5.41) is 14.3. The summed E-state index contributed by atoms with van der Waals surface area (Å²) >= 11 is 0. The Bertz CT molecular complexity index is 667. The van der Waals surface area contributed by atoms with Gasteiger partial charge in [0.25, 0.3) is 5.69 Å². The van der Waals surface area contributed by atoms with Crippen LogP contribution in [0, 0.1) is 15.9 Å². The summed E-state index contributed by atoms with van der Waals surface area (Å²) in [7, 11) is 0. The lowest BCUT2D eigenvalue weighted by molar-refractivity contribution is -0.384. The van der Waals surface area contributed by atoms with Gasteiger partial charge in [0, 0.05) is 19.0 Å². The van der Waals surface area contributed by atoms with Crippen LogP contribution in [0.25, 0.3) is 11.3 Å². The minimum atomic E-state index is -0.654. The van der Waals surface area contributed by atoms with Crippen molar-refractivity contribution in [1.29, 1.82) is 0 Å². The SMILES string of the molecule is O=[N+]([O-])c1cc(F)ccc1-c1cnc(CCNC2CC2)o1. The Balaban J connectivity index is 1.77. The second kappa shape index (κ2) is 5.61. The van der Waals surface area contributed by atoms with Crippen molar-refractivity contribution in [1.82, 2.24) is 10.3 Å². The van der Waals surface area contributed by atoms with Gasteiger partial charge in [-0.05, 0) is 25.0 Å². The first-order valence-corrected chi connectivity index (χ1v) is 6.76. The molecule has 110 valence electrons. The van der Waals surface area contributed by atoms with Crippen LogP contribution in [0.15, 0.2) is 28.8 Å². The highest BCUT2D eigenvalue weighted by atomic mass is 19.1. The van der Waals surface area contributed by atoms with Crippen LogP contribution in [0.5, 0.6) is 0 Å². The van der Waals surface area contributed by atoms with Crippen molar-refractivity contribution in [2.75, 3.05) is 6.54 Å². The van der Waals surface area contributed by atoms with E-state index in [0.29, 0.717) is 18.4 Å². The number of aromatic nitrogens is 1. The summed E-state index contributed by atoms with van der Waals surface area (Å²) in [4.78, 5) is 14.5. The molecule has 1 saturated carbocycles. The molecule has 1 fully saturated rings. The predicted octanol–water partition coefficient (Wildman–Crippen LogP) is 2.68. The Hall–Kier alpha value is -2.28. The summed E-state index contributed by atoms with van der Waals surface area (Å²) in [6.45, 7) is 0.760. The summed E-state index contributed by atoms with van der Waals surface area (Å²) in [6.07, 6.45) is 4.47. The summed E-state index contributed by atoms with van der Waals surface area (Å²) in [5.41, 5.74) is -0.0934. The highest BCUT2D eigenvalue weighted by molar-refractivity contribution is 5.68. The number of nitro groups is 1. The van der Waals surface area contributed by atoms with Crippen LogP contribution in [0.1, 0.15) is 18.7 Å². The van der Waals surface area contributed by atoms with E-state index in [1.165, 1.54) is 31.2 Å². The number of nitro benzene ring substituents is 1. The number of oxazole rings is 1. The van der Waals surface area contributed by atoms with Crippen LogP contribution < -0.4 is 5.32 Å². The van der Waals surface area contributed by atoms with E-state index in [9.17, 15) is 14.5 Å². The van der Waals surface area contributed by atoms with Crippen molar-refractivity contribution in [3.05, 3.63) is 46.2 Å². The summed E-state index contributed by atoms with van der Waals surface area (Å²) in [6, 6.07) is 3.99. The van der Waals surface area contributed by atoms with E-state index in [1.807, 2.05) is 0 Å². The molecule has 0 amide bonds. The molecule has 0 atom stereocenters. The molecule has 1 aliphatic rings. The molecule has 0 bridgehead atoms. The van der Waals surface area contributed by atoms with Gasteiger partial charge >= 0.3 is 0 Å². The van der Waals surface area contributed by atoms with Gasteiger partial charge in [0.05, 0.1) is 22.7 Å². The Labute approximate surface area is 120 Å². The molecule has 0 saturated heterocycles. The maximum Gasteiger partial charge on any atom is 0.283 e. The average Bonchev–Trinajstić information content (AvgIpc) is 3.16. The fourth-order valence-electron chi connectivity index (χ4n) is 2.09. The van der Waals surface area contributed by atoms with Gasteiger partial charge < -0.3 is 9.73 Å². The molecule has 21 heavy (non-hydrogen) atoms. The van der Waals surface area contributed by atoms with Crippen molar-refractivity contribution >= 4 is 5.69 Å². The number of benzene rings is 1. The van der Waals surface area contributed by atoms with Crippen LogP contribution in [0.4, 0.5) is 10.1 Å². The highest BCUT2D eigenvalue weighted by Crippen LogP contribution is 2.31. The molecule has 1 aromatic carbocycles. The number of nitrogens with one attached hydrogen (secondary N) is 1. The fourth-order valence-corrected chi connectivity index (χ4v) is 2.09. The minimum absolute atomic E-state index is 0.232. The van der Waals surface area contributed by atoms with Crippen LogP contribution in [-0.4, -0.2) is 22.5 Å². The van der Waals surface area contributed by atoms with E-state index >= 15 is 0 Å². The lowest BCUT2D eigenvalue weighted by Gasteiger charge is -2.00. The third kappa shape index (κ3) is 3.25. The number of nitrogens with zero attached hydrogens (tertiary/aromatic N) is 2. The molecule has 1 N–H and O–H groups in total. The molecule has 1 aromatic heterocycles. The largest absolute Gasteiger partial charge is 0.440 e. The lowest BCUT2D eigenvalue weighted by Crippen LogP contribution is -2.19. The number of hydrogen-bond donors (Lipinski definition) is 1. The van der Waals surface area contributed by atoms with Crippen molar-refractivity contribution in [2.24, 2.45) is 0 Å². The zero-order chi connectivity index (χ0) is 14.8. The first-order chi connectivity index (χ1) is 10.1. The van der Waals surface area contributed by atoms with Crippen LogP contribution in [-0.2, 0) is 6.42 Å². The molecule has 0 aliphatic heterocycles. The quantitative estimate of drug-likeness (QED) is 0.653. The third-order valence-corrected chi connectivity index (χ3v) is 3.32. The van der Waals surface area contributed by atoms with E-state index in [4.69, 9.17) is 4.42 Å². The summed E-state index contributed by atoms with van der Waals surface area (Å²) in [5.74, 6) is 0.138. The second-order valence-electron chi connectivity index (χ2n) is 5.02. The second-order valence-corrected chi connectivity index (χ2v) is 5.02. The van der Waals surface area contributed by atoms with Gasteiger partial charge in [0.2, 0.25) is 0 Å². The van der Waals surface area contributed by atoms with E-state index < -0.39 is 10.7 Å². The molecular formula is C14H14FN3O3. The molecule has 2 aromatic rings. The van der Waals surface area contributed by atoms with Gasteiger partial charge in [-0.3, -0.25) is 10.1 Å².